The van der Waals surface area contributed by atoms with Crippen LogP contribution in [-0.4, -0.2) is 52.6 Å². The van der Waals surface area contributed by atoms with Gasteiger partial charge in [-0.15, -0.1) is 25.2 Å². The summed E-state index contributed by atoms with van der Waals surface area (Å²) in [6.07, 6.45) is 3.51. The monoisotopic (exact) mass is 544 g/mol. The van der Waals surface area contributed by atoms with Crippen LogP contribution < -0.4 is 10.6 Å². The Bertz CT molecular complexity index is 1610. The van der Waals surface area contributed by atoms with E-state index in [0.29, 0.717) is 22.6 Å². The minimum absolute atomic E-state index is 0.0296. The molecule has 2 aromatic heterocycles. The average molecular weight is 545 g/mol. The number of anilines is 1. The summed E-state index contributed by atoms with van der Waals surface area (Å²) in [7, 11) is 0. The molecule has 3 N–H and O–H groups in total. The Balaban J connectivity index is 1.35. The van der Waals surface area contributed by atoms with E-state index >= 15 is 0 Å². The zero-order valence-corrected chi connectivity index (χ0v) is 20.6. The van der Waals surface area contributed by atoms with Gasteiger partial charge in [0.25, 0.3) is 5.91 Å². The maximum absolute atomic E-state index is 14.8. The number of benzene rings is 3. The molecular formula is C25H18ClFN10O2. The molecule has 12 nitrogen and oxygen atoms in total. The first kappa shape index (κ1) is 25.4. The summed E-state index contributed by atoms with van der Waals surface area (Å²) in [4.78, 5) is 27.3. The zero-order valence-electron chi connectivity index (χ0n) is 19.9. The van der Waals surface area contributed by atoms with E-state index in [4.69, 9.17) is 11.6 Å². The van der Waals surface area contributed by atoms with Crippen LogP contribution in [0.4, 0.5) is 10.1 Å². The van der Waals surface area contributed by atoms with Gasteiger partial charge in [-0.05, 0) is 58.5 Å². The van der Waals surface area contributed by atoms with Gasteiger partial charge in [-0.25, -0.2) is 4.39 Å². The summed E-state index contributed by atoms with van der Waals surface area (Å²) < 4.78 is 14.8. The molecule has 2 amide bonds. The third-order valence-corrected chi connectivity index (χ3v) is 5.81. The molecule has 0 aliphatic heterocycles. The minimum atomic E-state index is -1.05. The number of aromatic nitrogens is 8. The van der Waals surface area contributed by atoms with Gasteiger partial charge in [0, 0.05) is 22.9 Å². The van der Waals surface area contributed by atoms with Crippen LogP contribution in [0.25, 0.3) is 23.2 Å². The Morgan fingerprint density at radius 2 is 1.85 bits per heavy atom. The van der Waals surface area contributed by atoms with E-state index in [9.17, 15) is 14.0 Å². The molecule has 0 fully saturated rings. The van der Waals surface area contributed by atoms with Gasteiger partial charge in [0.2, 0.25) is 11.7 Å². The van der Waals surface area contributed by atoms with E-state index in [1.807, 2.05) is 0 Å². The second kappa shape index (κ2) is 11.4. The van der Waals surface area contributed by atoms with Crippen molar-refractivity contribution in [3.63, 3.8) is 0 Å². The van der Waals surface area contributed by atoms with Crippen molar-refractivity contribution in [3.8, 4) is 17.1 Å². The Morgan fingerprint density at radius 1 is 1.05 bits per heavy atom. The first-order valence-electron chi connectivity index (χ1n) is 11.4. The normalized spacial score (nSPS) is 11.8. The minimum Gasteiger partial charge on any atom is -0.337 e. The largest absolute Gasteiger partial charge is 0.337 e. The molecule has 194 valence electrons. The predicted molar refractivity (Wildman–Crippen MR) is 139 cm³/mol. The summed E-state index contributed by atoms with van der Waals surface area (Å²) >= 11 is 5.94. The van der Waals surface area contributed by atoms with E-state index in [1.54, 1.807) is 54.6 Å². The van der Waals surface area contributed by atoms with Crippen molar-refractivity contribution in [1.29, 1.82) is 0 Å². The lowest BCUT2D eigenvalue weighted by Crippen LogP contribution is -2.36. The Morgan fingerprint density at radius 3 is 2.54 bits per heavy atom. The Hall–Kier alpha value is -5.30. The highest BCUT2D eigenvalue weighted by atomic mass is 35.5. The summed E-state index contributed by atoms with van der Waals surface area (Å²) in [6, 6.07) is 17.3. The number of H-pyrrole nitrogens is 1. The van der Waals surface area contributed by atoms with Crippen molar-refractivity contribution in [2.24, 2.45) is 0 Å². The molecule has 3 aromatic carbocycles. The van der Waals surface area contributed by atoms with Gasteiger partial charge in [-0.1, -0.05) is 41.9 Å². The molecule has 39 heavy (non-hydrogen) atoms. The molecule has 0 saturated heterocycles. The zero-order chi connectivity index (χ0) is 27.2. The Labute approximate surface area is 224 Å². The topological polar surface area (TPSA) is 156 Å². The number of aromatic amines is 1. The number of nitrogens with one attached hydrogen (secondary N) is 3. The molecule has 0 aliphatic rings. The fourth-order valence-electron chi connectivity index (χ4n) is 3.66. The number of carbonyl (C=O) groups excluding carboxylic acids is 2. The molecule has 0 unspecified atom stereocenters. The average Bonchev–Trinajstić information content (AvgIpc) is 3.69. The second-order valence-electron chi connectivity index (χ2n) is 8.01. The molecule has 0 aliphatic carbocycles. The number of tetrazole rings is 2. The second-order valence-corrected chi connectivity index (χ2v) is 8.41. The molecule has 2 heterocycles. The summed E-state index contributed by atoms with van der Waals surface area (Å²) in [5, 5.41) is 30.3. The van der Waals surface area contributed by atoms with Gasteiger partial charge in [0.15, 0.2) is 12.1 Å². The molecule has 14 heteroatoms. The lowest BCUT2D eigenvalue weighted by atomic mass is 10.1. The van der Waals surface area contributed by atoms with E-state index in [1.165, 1.54) is 24.5 Å². The molecule has 0 radical (unpaired) electrons. The van der Waals surface area contributed by atoms with Gasteiger partial charge in [0.1, 0.15) is 6.04 Å². The fraction of sp³-hybridized carbons (Fsp3) is 0.0400. The van der Waals surface area contributed by atoms with Crippen LogP contribution in [0.5, 0.6) is 0 Å². The molecule has 0 spiro atoms. The van der Waals surface area contributed by atoms with E-state index in [2.05, 4.69) is 46.7 Å². The molecule has 0 saturated carbocycles. The van der Waals surface area contributed by atoms with Crippen LogP contribution in [-0.2, 0) is 9.59 Å². The summed E-state index contributed by atoms with van der Waals surface area (Å²) in [5.74, 6) is -1.50. The Kier molecular flexibility index (Phi) is 7.41. The lowest BCUT2D eigenvalue weighted by molar-refractivity contribution is -0.123. The van der Waals surface area contributed by atoms with Crippen molar-refractivity contribution in [3.05, 3.63) is 101 Å². The van der Waals surface area contributed by atoms with Crippen LogP contribution in [0, 0.1) is 5.82 Å². The van der Waals surface area contributed by atoms with Gasteiger partial charge in [-0.3, -0.25) is 9.59 Å². The smallest absolute Gasteiger partial charge is 0.251 e. The predicted octanol–water partition coefficient (Wildman–Crippen LogP) is 3.14. The third-order valence-electron chi connectivity index (χ3n) is 5.51. The SMILES string of the molecule is O=C(/C=C/c1c(-n2ncnn2)ccc(Cl)c1F)N[C@H](C(=O)Nc1ccc(-c2nn[nH]n2)cc1)c1ccccc1. The number of rotatable bonds is 8. The van der Waals surface area contributed by atoms with E-state index < -0.39 is 23.7 Å². The number of halogens is 2. The van der Waals surface area contributed by atoms with Gasteiger partial charge >= 0.3 is 0 Å². The van der Waals surface area contributed by atoms with Crippen LogP contribution >= 0.6 is 11.6 Å². The lowest BCUT2D eigenvalue weighted by Gasteiger charge is -2.18. The summed E-state index contributed by atoms with van der Waals surface area (Å²) in [6.45, 7) is 0. The van der Waals surface area contributed by atoms with Crippen LogP contribution in [0.15, 0.2) is 79.1 Å². The van der Waals surface area contributed by atoms with Gasteiger partial charge < -0.3 is 10.6 Å². The quantitative estimate of drug-likeness (QED) is 0.251. The van der Waals surface area contributed by atoms with Crippen molar-refractivity contribution in [2.75, 3.05) is 5.32 Å². The maximum atomic E-state index is 14.8. The van der Waals surface area contributed by atoms with Crippen molar-refractivity contribution >= 4 is 35.2 Å². The first-order valence-corrected chi connectivity index (χ1v) is 11.8. The molecule has 0 bridgehead atoms. The molecule has 1 atom stereocenters. The van der Waals surface area contributed by atoms with E-state index in [0.717, 1.165) is 10.9 Å². The number of hydrogen-bond donors (Lipinski definition) is 3. The maximum Gasteiger partial charge on any atom is 0.251 e. The first-order chi connectivity index (χ1) is 19.0. The third kappa shape index (κ3) is 5.83. The highest BCUT2D eigenvalue weighted by molar-refractivity contribution is 6.31. The van der Waals surface area contributed by atoms with Crippen molar-refractivity contribution < 1.29 is 14.0 Å². The van der Waals surface area contributed by atoms with Gasteiger partial charge in [-0.2, -0.15) is 5.21 Å². The van der Waals surface area contributed by atoms with Crippen molar-refractivity contribution in [1.82, 2.24) is 46.1 Å². The molecular weight excluding hydrogens is 527 g/mol. The number of hydrogen-bond acceptors (Lipinski definition) is 8. The molecule has 5 aromatic rings. The highest BCUT2D eigenvalue weighted by Crippen LogP contribution is 2.25. The van der Waals surface area contributed by atoms with Crippen molar-refractivity contribution in [2.45, 2.75) is 6.04 Å². The van der Waals surface area contributed by atoms with Crippen LogP contribution in [0.1, 0.15) is 17.2 Å². The summed E-state index contributed by atoms with van der Waals surface area (Å²) in [5.41, 5.74) is 1.93. The van der Waals surface area contributed by atoms with Crippen LogP contribution in [0.3, 0.4) is 0 Å². The highest BCUT2D eigenvalue weighted by Gasteiger charge is 2.22. The van der Waals surface area contributed by atoms with E-state index in [-0.39, 0.29) is 16.3 Å². The number of amides is 2. The molecule has 5 rings (SSSR count). The number of carbonyl (C=O) groups is 2. The van der Waals surface area contributed by atoms with Gasteiger partial charge in [0.05, 0.1) is 10.7 Å². The fourth-order valence-corrected chi connectivity index (χ4v) is 3.83. The van der Waals surface area contributed by atoms with Crippen LogP contribution in [0.2, 0.25) is 5.02 Å². The standard InChI is InChI=1S/C25H18ClFN10O2/c26-19-11-12-20(37-29-14-28-36-37)18(22(19)27)10-13-21(38)31-23(15-4-2-1-3-5-15)25(39)30-17-8-6-16(7-9-17)24-32-34-35-33-24/h1-14,23H,(H,30,39)(H,31,38)(H,32,33,34,35)/b13-10+/t23-/m0/s1. The number of nitrogens with zero attached hydrogens (tertiary/aromatic N) is 7.